The van der Waals surface area contributed by atoms with Gasteiger partial charge in [-0.15, -0.1) is 0 Å². The van der Waals surface area contributed by atoms with Gasteiger partial charge in [-0.05, 0) is 31.6 Å². The van der Waals surface area contributed by atoms with Crippen LogP contribution in [0.3, 0.4) is 0 Å². The number of rotatable bonds is 1. The van der Waals surface area contributed by atoms with Crippen LogP contribution in [0.1, 0.15) is 25.7 Å². The number of aliphatic carboxylic acids is 1. The van der Waals surface area contributed by atoms with Crippen LogP contribution < -0.4 is 0 Å². The van der Waals surface area contributed by atoms with E-state index in [1.807, 2.05) is 0 Å². The second kappa shape index (κ2) is 1.97. The summed E-state index contributed by atoms with van der Waals surface area (Å²) < 4.78 is 0. The van der Waals surface area contributed by atoms with E-state index >= 15 is 0 Å². The van der Waals surface area contributed by atoms with Gasteiger partial charge in [-0.1, -0.05) is 0 Å². The van der Waals surface area contributed by atoms with E-state index in [9.17, 15) is 9.90 Å². The molecule has 3 heteroatoms. The van der Waals surface area contributed by atoms with Crippen molar-refractivity contribution in [1.29, 1.82) is 0 Å². The molecule has 3 unspecified atom stereocenters. The molecule has 62 valence electrons. The Bertz CT molecular complexity index is 202. The Balaban J connectivity index is 2.21. The summed E-state index contributed by atoms with van der Waals surface area (Å²) in [5.41, 5.74) is -0.851. The highest BCUT2D eigenvalue weighted by atomic mass is 16.4. The van der Waals surface area contributed by atoms with Crippen molar-refractivity contribution < 1.29 is 15.0 Å². The van der Waals surface area contributed by atoms with Crippen LogP contribution in [0, 0.1) is 11.8 Å². The summed E-state index contributed by atoms with van der Waals surface area (Å²) in [4.78, 5) is 10.6. The summed E-state index contributed by atoms with van der Waals surface area (Å²) in [7, 11) is 0. The highest BCUT2D eigenvalue weighted by Gasteiger charge is 2.53. The zero-order chi connectivity index (χ0) is 8.06. The minimum Gasteiger partial charge on any atom is -0.481 e. The lowest BCUT2D eigenvalue weighted by atomic mass is 9.85. The van der Waals surface area contributed by atoms with Gasteiger partial charge >= 0.3 is 5.97 Å². The Morgan fingerprint density at radius 3 is 2.55 bits per heavy atom. The molecule has 0 radical (unpaired) electrons. The first-order chi connectivity index (χ1) is 5.12. The third-order valence-electron chi connectivity index (χ3n) is 3.14. The van der Waals surface area contributed by atoms with Crippen LogP contribution in [0.25, 0.3) is 0 Å². The standard InChI is InChI=1S/C8H12O3/c9-7(10)6-3-5-1-2-8(6,11)4-5/h5-6,11H,1-4H2,(H,9,10). The van der Waals surface area contributed by atoms with Gasteiger partial charge in [0.05, 0.1) is 11.5 Å². The Morgan fingerprint density at radius 2 is 2.27 bits per heavy atom. The fourth-order valence-corrected chi connectivity index (χ4v) is 2.56. The maximum atomic E-state index is 10.6. The molecule has 2 fully saturated rings. The second-order valence-corrected chi connectivity index (χ2v) is 3.84. The van der Waals surface area contributed by atoms with Crippen LogP contribution in [0.15, 0.2) is 0 Å². The monoisotopic (exact) mass is 156 g/mol. The molecule has 0 heterocycles. The lowest BCUT2D eigenvalue weighted by molar-refractivity contribution is -0.150. The van der Waals surface area contributed by atoms with Crippen molar-refractivity contribution in [2.24, 2.45) is 11.8 Å². The molecule has 0 saturated heterocycles. The van der Waals surface area contributed by atoms with Crippen molar-refractivity contribution in [1.82, 2.24) is 0 Å². The van der Waals surface area contributed by atoms with Gasteiger partial charge < -0.3 is 10.2 Å². The molecule has 0 aliphatic heterocycles. The van der Waals surface area contributed by atoms with E-state index in [-0.39, 0.29) is 0 Å². The lowest BCUT2D eigenvalue weighted by Gasteiger charge is -2.26. The quantitative estimate of drug-likeness (QED) is 0.585. The van der Waals surface area contributed by atoms with E-state index in [0.29, 0.717) is 25.2 Å². The second-order valence-electron chi connectivity index (χ2n) is 3.84. The predicted molar refractivity (Wildman–Crippen MR) is 38.0 cm³/mol. The average molecular weight is 156 g/mol. The Morgan fingerprint density at radius 1 is 1.55 bits per heavy atom. The van der Waals surface area contributed by atoms with Crippen LogP contribution in [0.5, 0.6) is 0 Å². The number of carboxylic acids is 1. The molecule has 2 N–H and O–H groups in total. The number of aliphatic hydroxyl groups is 1. The fraction of sp³-hybridized carbons (Fsp3) is 0.875. The molecule has 2 saturated carbocycles. The van der Waals surface area contributed by atoms with Crippen molar-refractivity contribution in [3.8, 4) is 0 Å². The predicted octanol–water partition coefficient (Wildman–Crippen LogP) is 0.622. The summed E-state index contributed by atoms with van der Waals surface area (Å²) >= 11 is 0. The minimum atomic E-state index is -0.851. The zero-order valence-electron chi connectivity index (χ0n) is 6.29. The van der Waals surface area contributed by atoms with Gasteiger partial charge in [0, 0.05) is 0 Å². The highest BCUT2D eigenvalue weighted by molar-refractivity contribution is 5.72. The van der Waals surface area contributed by atoms with Gasteiger partial charge in [0.25, 0.3) is 0 Å². The van der Waals surface area contributed by atoms with Crippen LogP contribution in [-0.4, -0.2) is 21.8 Å². The molecule has 0 aromatic heterocycles. The lowest BCUT2D eigenvalue weighted by Crippen LogP contribution is -2.37. The third-order valence-corrected chi connectivity index (χ3v) is 3.14. The molecular weight excluding hydrogens is 144 g/mol. The molecule has 11 heavy (non-hydrogen) atoms. The number of hydrogen-bond acceptors (Lipinski definition) is 2. The van der Waals surface area contributed by atoms with Gasteiger partial charge in [-0.25, -0.2) is 0 Å². The van der Waals surface area contributed by atoms with Gasteiger partial charge in [-0.2, -0.15) is 0 Å². The van der Waals surface area contributed by atoms with Gasteiger partial charge in [0.1, 0.15) is 0 Å². The van der Waals surface area contributed by atoms with Crippen LogP contribution >= 0.6 is 0 Å². The molecule has 3 nitrogen and oxygen atoms in total. The fourth-order valence-electron chi connectivity index (χ4n) is 2.56. The van der Waals surface area contributed by atoms with Crippen LogP contribution in [0.2, 0.25) is 0 Å². The first-order valence-electron chi connectivity index (χ1n) is 4.07. The van der Waals surface area contributed by atoms with Crippen molar-refractivity contribution in [2.75, 3.05) is 0 Å². The van der Waals surface area contributed by atoms with E-state index in [2.05, 4.69) is 0 Å². The molecule has 0 aromatic carbocycles. The van der Waals surface area contributed by atoms with Crippen molar-refractivity contribution in [2.45, 2.75) is 31.3 Å². The molecule has 2 bridgehead atoms. The minimum absolute atomic E-state index is 0.473. The molecule has 0 aromatic rings. The van der Waals surface area contributed by atoms with Crippen molar-refractivity contribution >= 4 is 5.97 Å². The third kappa shape index (κ3) is 0.872. The summed E-state index contributed by atoms with van der Waals surface area (Å²) in [6.45, 7) is 0. The van der Waals surface area contributed by atoms with Crippen molar-refractivity contribution in [3.05, 3.63) is 0 Å². The molecule has 2 aliphatic rings. The van der Waals surface area contributed by atoms with Crippen LogP contribution in [0.4, 0.5) is 0 Å². The largest absolute Gasteiger partial charge is 0.481 e. The average Bonchev–Trinajstić information content (AvgIpc) is 2.41. The maximum absolute atomic E-state index is 10.6. The van der Waals surface area contributed by atoms with E-state index in [1.54, 1.807) is 0 Å². The number of hydrogen-bond donors (Lipinski definition) is 2. The van der Waals surface area contributed by atoms with E-state index in [1.165, 1.54) is 0 Å². The maximum Gasteiger partial charge on any atom is 0.309 e. The van der Waals surface area contributed by atoms with E-state index in [0.717, 1.165) is 6.42 Å². The molecule has 0 spiro atoms. The van der Waals surface area contributed by atoms with E-state index in [4.69, 9.17) is 5.11 Å². The summed E-state index contributed by atoms with van der Waals surface area (Å²) in [6, 6.07) is 0. The number of carbonyl (C=O) groups is 1. The van der Waals surface area contributed by atoms with Crippen LogP contribution in [-0.2, 0) is 4.79 Å². The molecular formula is C8H12O3. The van der Waals surface area contributed by atoms with Crippen molar-refractivity contribution in [3.63, 3.8) is 0 Å². The number of carboxylic acid groups (broad SMARTS) is 1. The first kappa shape index (κ1) is 7.10. The van der Waals surface area contributed by atoms with Gasteiger partial charge in [0.15, 0.2) is 0 Å². The van der Waals surface area contributed by atoms with Gasteiger partial charge in [-0.3, -0.25) is 4.79 Å². The normalized spacial score (nSPS) is 48.1. The van der Waals surface area contributed by atoms with Gasteiger partial charge in [0.2, 0.25) is 0 Å². The molecule has 0 amide bonds. The summed E-state index contributed by atoms with van der Waals surface area (Å²) in [5, 5.41) is 18.5. The molecule has 2 rings (SSSR count). The Hall–Kier alpha value is -0.570. The smallest absolute Gasteiger partial charge is 0.309 e. The Kier molecular flexibility index (Phi) is 1.27. The zero-order valence-corrected chi connectivity index (χ0v) is 6.29. The SMILES string of the molecule is O=C(O)C1CC2CCC1(O)C2. The highest BCUT2D eigenvalue weighted by Crippen LogP contribution is 2.51. The summed E-state index contributed by atoms with van der Waals surface area (Å²) in [5.74, 6) is -0.836. The molecule has 2 aliphatic carbocycles. The molecule has 3 atom stereocenters. The van der Waals surface area contributed by atoms with E-state index < -0.39 is 17.5 Å². The summed E-state index contributed by atoms with van der Waals surface area (Å²) in [6.07, 6.45) is 3.10. The Labute approximate surface area is 65.0 Å². The topological polar surface area (TPSA) is 57.5 Å². The number of fused-ring (bicyclic) bond motifs is 2. The first-order valence-corrected chi connectivity index (χ1v) is 4.07.